The Balaban J connectivity index is 2.75. The van der Waals surface area contributed by atoms with E-state index in [-0.39, 0.29) is 18.2 Å². The third-order valence-electron chi connectivity index (χ3n) is 2.25. The van der Waals surface area contributed by atoms with Crippen LogP contribution in [-0.4, -0.2) is 18.2 Å². The van der Waals surface area contributed by atoms with E-state index in [2.05, 4.69) is 12.2 Å². The van der Waals surface area contributed by atoms with Crippen molar-refractivity contribution in [1.82, 2.24) is 5.32 Å². The number of ketones is 1. The van der Waals surface area contributed by atoms with E-state index in [1.807, 2.05) is 6.92 Å². The maximum Gasteiger partial charge on any atom is 0.255 e. The van der Waals surface area contributed by atoms with Gasteiger partial charge in [-0.3, -0.25) is 9.59 Å². The molecule has 0 aromatic heterocycles. The van der Waals surface area contributed by atoms with Crippen molar-refractivity contribution in [2.45, 2.75) is 33.1 Å². The molecule has 0 radical (unpaired) electrons. The lowest BCUT2D eigenvalue weighted by Gasteiger charge is -2.01. The van der Waals surface area contributed by atoms with Crippen molar-refractivity contribution in [2.24, 2.45) is 0 Å². The van der Waals surface area contributed by atoms with E-state index in [1.165, 1.54) is 0 Å². The fraction of sp³-hybridized carbons (Fsp3) is 0.600. The molecule has 0 unspecified atom stereocenters. The molecule has 3 heteroatoms. The van der Waals surface area contributed by atoms with Crippen LogP contribution in [-0.2, 0) is 9.59 Å². The number of carbonyl (C=O) groups is 2. The molecular weight excluding hydrogens is 166 g/mol. The van der Waals surface area contributed by atoms with Crippen LogP contribution in [0.5, 0.6) is 0 Å². The molecule has 0 spiro atoms. The first-order valence-corrected chi connectivity index (χ1v) is 4.68. The minimum atomic E-state index is -0.196. The standard InChI is InChI=1S/C10H15NO2/c1-3-4-5-7(2)9-8(12)6-11-10(9)13/h3-6H2,1-2H3,(H,11,13)/b9-7-. The Bertz CT molecular complexity index is 248. The van der Waals surface area contributed by atoms with Gasteiger partial charge >= 0.3 is 0 Å². The highest BCUT2D eigenvalue weighted by Crippen LogP contribution is 2.15. The summed E-state index contributed by atoms with van der Waals surface area (Å²) in [5.41, 5.74) is 1.33. The number of Topliss-reactive ketones (excluding diaryl/α,β-unsaturated/α-hetero) is 1. The molecule has 1 aliphatic heterocycles. The van der Waals surface area contributed by atoms with E-state index in [1.54, 1.807) is 0 Å². The average Bonchev–Trinajstić information content (AvgIpc) is 2.42. The van der Waals surface area contributed by atoms with Gasteiger partial charge in [-0.1, -0.05) is 18.9 Å². The summed E-state index contributed by atoms with van der Waals surface area (Å²) >= 11 is 0. The first-order chi connectivity index (χ1) is 6.16. The highest BCUT2D eigenvalue weighted by atomic mass is 16.2. The van der Waals surface area contributed by atoms with Gasteiger partial charge in [0.1, 0.15) is 0 Å². The fourth-order valence-electron chi connectivity index (χ4n) is 1.46. The Morgan fingerprint density at radius 1 is 1.46 bits per heavy atom. The lowest BCUT2D eigenvalue weighted by atomic mass is 10.0. The summed E-state index contributed by atoms with van der Waals surface area (Å²) in [6, 6.07) is 0. The molecule has 0 bridgehead atoms. The molecule has 0 saturated carbocycles. The maximum atomic E-state index is 11.2. The van der Waals surface area contributed by atoms with E-state index in [0.29, 0.717) is 5.57 Å². The molecule has 13 heavy (non-hydrogen) atoms. The van der Waals surface area contributed by atoms with Crippen molar-refractivity contribution in [1.29, 1.82) is 0 Å². The first-order valence-electron chi connectivity index (χ1n) is 4.68. The van der Waals surface area contributed by atoms with Crippen molar-refractivity contribution in [3.05, 3.63) is 11.1 Å². The number of nitrogens with one attached hydrogen (secondary N) is 1. The molecule has 0 aliphatic carbocycles. The van der Waals surface area contributed by atoms with E-state index < -0.39 is 0 Å². The van der Waals surface area contributed by atoms with Crippen LogP contribution in [0.2, 0.25) is 0 Å². The van der Waals surface area contributed by atoms with Crippen LogP contribution in [0.15, 0.2) is 11.1 Å². The molecule has 72 valence electrons. The van der Waals surface area contributed by atoms with Crippen LogP contribution in [0.25, 0.3) is 0 Å². The lowest BCUT2D eigenvalue weighted by Crippen LogP contribution is -2.14. The van der Waals surface area contributed by atoms with Gasteiger partial charge in [0.2, 0.25) is 0 Å². The summed E-state index contributed by atoms with van der Waals surface area (Å²) in [6.45, 7) is 4.14. The maximum absolute atomic E-state index is 11.2. The van der Waals surface area contributed by atoms with Gasteiger partial charge in [-0.15, -0.1) is 0 Å². The lowest BCUT2D eigenvalue weighted by molar-refractivity contribution is -0.117. The van der Waals surface area contributed by atoms with Crippen molar-refractivity contribution >= 4 is 11.7 Å². The SMILES string of the molecule is CCCC/C(C)=C1/C(=O)CNC1=O. The Labute approximate surface area is 78.2 Å². The number of allylic oxidation sites excluding steroid dienone is 1. The van der Waals surface area contributed by atoms with Gasteiger partial charge in [0.15, 0.2) is 5.78 Å². The van der Waals surface area contributed by atoms with Gasteiger partial charge in [-0.05, 0) is 19.8 Å². The average molecular weight is 181 g/mol. The summed E-state index contributed by atoms with van der Waals surface area (Å²) in [7, 11) is 0. The van der Waals surface area contributed by atoms with Gasteiger partial charge in [0.25, 0.3) is 5.91 Å². The molecule has 0 atom stereocenters. The zero-order valence-electron chi connectivity index (χ0n) is 8.14. The molecule has 1 fully saturated rings. The molecule has 1 N–H and O–H groups in total. The third-order valence-corrected chi connectivity index (χ3v) is 2.25. The van der Waals surface area contributed by atoms with Crippen LogP contribution in [0.1, 0.15) is 33.1 Å². The van der Waals surface area contributed by atoms with Crippen LogP contribution in [0.3, 0.4) is 0 Å². The second-order valence-electron chi connectivity index (χ2n) is 3.36. The van der Waals surface area contributed by atoms with Crippen molar-refractivity contribution in [3.63, 3.8) is 0 Å². The molecule has 1 heterocycles. The van der Waals surface area contributed by atoms with E-state index >= 15 is 0 Å². The Morgan fingerprint density at radius 3 is 2.62 bits per heavy atom. The monoisotopic (exact) mass is 181 g/mol. The molecular formula is C10H15NO2. The highest BCUT2D eigenvalue weighted by molar-refractivity contribution is 6.25. The van der Waals surface area contributed by atoms with Gasteiger partial charge in [-0.25, -0.2) is 0 Å². The first kappa shape index (κ1) is 9.96. The Morgan fingerprint density at radius 2 is 2.15 bits per heavy atom. The third kappa shape index (κ3) is 2.17. The van der Waals surface area contributed by atoms with Crippen molar-refractivity contribution < 1.29 is 9.59 Å². The van der Waals surface area contributed by atoms with E-state index in [0.717, 1.165) is 24.8 Å². The predicted molar refractivity (Wildman–Crippen MR) is 50.2 cm³/mol. The second kappa shape index (κ2) is 4.21. The molecule has 1 amide bonds. The van der Waals surface area contributed by atoms with Gasteiger partial charge in [0, 0.05) is 0 Å². The highest BCUT2D eigenvalue weighted by Gasteiger charge is 2.26. The number of amides is 1. The summed E-state index contributed by atoms with van der Waals surface area (Å²) < 4.78 is 0. The molecule has 1 rings (SSSR count). The summed E-state index contributed by atoms with van der Waals surface area (Å²) in [4.78, 5) is 22.4. The van der Waals surface area contributed by atoms with Crippen molar-refractivity contribution in [2.75, 3.05) is 6.54 Å². The van der Waals surface area contributed by atoms with Crippen LogP contribution in [0.4, 0.5) is 0 Å². The van der Waals surface area contributed by atoms with Gasteiger partial charge in [0.05, 0.1) is 12.1 Å². The Kier molecular flexibility index (Phi) is 3.23. The second-order valence-corrected chi connectivity index (χ2v) is 3.36. The number of carbonyl (C=O) groups excluding carboxylic acids is 2. The topological polar surface area (TPSA) is 46.2 Å². The van der Waals surface area contributed by atoms with E-state index in [9.17, 15) is 9.59 Å². The summed E-state index contributed by atoms with van der Waals surface area (Å²) in [5, 5.41) is 2.53. The van der Waals surface area contributed by atoms with E-state index in [4.69, 9.17) is 0 Å². The minimum absolute atomic E-state index is 0.0568. The van der Waals surface area contributed by atoms with Crippen LogP contribution in [0, 0.1) is 0 Å². The number of unbranched alkanes of at least 4 members (excludes halogenated alkanes) is 1. The number of hydrogen-bond acceptors (Lipinski definition) is 2. The van der Waals surface area contributed by atoms with Crippen LogP contribution < -0.4 is 5.32 Å². The van der Waals surface area contributed by atoms with Gasteiger partial charge in [-0.2, -0.15) is 0 Å². The molecule has 3 nitrogen and oxygen atoms in total. The quantitative estimate of drug-likeness (QED) is 0.525. The fourth-order valence-corrected chi connectivity index (χ4v) is 1.46. The summed E-state index contributed by atoms with van der Waals surface area (Å²) in [5.74, 6) is -0.253. The number of rotatable bonds is 3. The smallest absolute Gasteiger partial charge is 0.255 e. The minimum Gasteiger partial charge on any atom is -0.344 e. The van der Waals surface area contributed by atoms with Gasteiger partial charge < -0.3 is 5.32 Å². The molecule has 0 aromatic carbocycles. The molecule has 1 saturated heterocycles. The molecule has 0 aromatic rings. The normalized spacial score (nSPS) is 20.5. The predicted octanol–water partition coefficient (Wildman–Crippen LogP) is 1.19. The summed E-state index contributed by atoms with van der Waals surface area (Å²) in [6.07, 6.45) is 2.97. The molecule has 1 aliphatic rings. The zero-order chi connectivity index (χ0) is 9.84. The largest absolute Gasteiger partial charge is 0.344 e. The Hall–Kier alpha value is -1.12. The van der Waals surface area contributed by atoms with Crippen molar-refractivity contribution in [3.8, 4) is 0 Å². The van der Waals surface area contributed by atoms with Crippen LogP contribution >= 0.6 is 0 Å². The zero-order valence-corrected chi connectivity index (χ0v) is 8.14. The number of hydrogen-bond donors (Lipinski definition) is 1.